The molecule has 2 heterocycles. The van der Waals surface area contributed by atoms with Crippen LogP contribution in [0, 0.1) is 10.1 Å². The Balaban J connectivity index is 1.62. The lowest BCUT2D eigenvalue weighted by Gasteiger charge is -2.13. The Morgan fingerprint density at radius 3 is 2.76 bits per heavy atom. The van der Waals surface area contributed by atoms with Crippen molar-refractivity contribution in [2.45, 2.75) is 5.22 Å². The SMILES string of the molecule is CN(C)c1ccc([N+](=O)[O-])c(NCCSc2nc3ccccc3o2)n1. The molecule has 0 aliphatic carbocycles. The van der Waals surface area contributed by atoms with Crippen LogP contribution in [0.25, 0.3) is 11.1 Å². The number of pyridine rings is 1. The predicted molar refractivity (Wildman–Crippen MR) is 98.4 cm³/mol. The second-order valence-electron chi connectivity index (χ2n) is 5.41. The van der Waals surface area contributed by atoms with Gasteiger partial charge in [0.15, 0.2) is 5.58 Å². The van der Waals surface area contributed by atoms with Gasteiger partial charge in [0.05, 0.1) is 4.92 Å². The van der Waals surface area contributed by atoms with E-state index in [1.54, 1.807) is 11.0 Å². The first-order valence-corrected chi connectivity index (χ1v) is 8.58. The number of hydrogen-bond acceptors (Lipinski definition) is 8. The zero-order valence-electron chi connectivity index (χ0n) is 13.8. The van der Waals surface area contributed by atoms with Crippen LogP contribution in [0.3, 0.4) is 0 Å². The molecule has 0 aliphatic rings. The average Bonchev–Trinajstić information content (AvgIpc) is 3.01. The van der Waals surface area contributed by atoms with Crippen molar-refractivity contribution in [2.75, 3.05) is 36.6 Å². The number of nitro groups is 1. The molecule has 2 aromatic heterocycles. The number of nitrogens with zero attached hydrogens (tertiary/aromatic N) is 4. The number of anilines is 2. The fourth-order valence-corrected chi connectivity index (χ4v) is 2.88. The lowest BCUT2D eigenvalue weighted by molar-refractivity contribution is -0.384. The quantitative estimate of drug-likeness (QED) is 0.297. The normalized spacial score (nSPS) is 10.8. The van der Waals surface area contributed by atoms with Crippen LogP contribution in [0.2, 0.25) is 0 Å². The summed E-state index contributed by atoms with van der Waals surface area (Å²) in [5.74, 6) is 1.55. The highest BCUT2D eigenvalue weighted by molar-refractivity contribution is 7.99. The molecule has 0 aliphatic heterocycles. The minimum Gasteiger partial charge on any atom is -0.431 e. The highest BCUT2D eigenvalue weighted by Crippen LogP contribution is 2.26. The van der Waals surface area contributed by atoms with Gasteiger partial charge in [-0.05, 0) is 18.2 Å². The number of thioether (sulfide) groups is 1. The Morgan fingerprint density at radius 1 is 1.24 bits per heavy atom. The van der Waals surface area contributed by atoms with E-state index < -0.39 is 4.92 Å². The average molecular weight is 359 g/mol. The van der Waals surface area contributed by atoms with Gasteiger partial charge in [-0.25, -0.2) is 9.97 Å². The summed E-state index contributed by atoms with van der Waals surface area (Å²) in [6.45, 7) is 0.494. The van der Waals surface area contributed by atoms with Crippen molar-refractivity contribution in [3.63, 3.8) is 0 Å². The maximum atomic E-state index is 11.1. The smallest absolute Gasteiger partial charge is 0.311 e. The molecule has 3 aromatic rings. The van der Waals surface area contributed by atoms with Gasteiger partial charge in [0.25, 0.3) is 5.22 Å². The summed E-state index contributed by atoms with van der Waals surface area (Å²) < 4.78 is 5.63. The van der Waals surface area contributed by atoms with Crippen molar-refractivity contribution >= 4 is 40.2 Å². The van der Waals surface area contributed by atoms with E-state index in [9.17, 15) is 10.1 Å². The molecule has 1 aromatic carbocycles. The van der Waals surface area contributed by atoms with Crippen molar-refractivity contribution in [3.8, 4) is 0 Å². The number of hydrogen-bond donors (Lipinski definition) is 1. The third kappa shape index (κ3) is 4.00. The summed E-state index contributed by atoms with van der Waals surface area (Å²) in [5, 5.41) is 14.7. The molecule has 3 rings (SSSR count). The van der Waals surface area contributed by atoms with Crippen molar-refractivity contribution in [1.82, 2.24) is 9.97 Å². The van der Waals surface area contributed by atoms with Crippen LogP contribution in [0.15, 0.2) is 46.0 Å². The van der Waals surface area contributed by atoms with Crippen LogP contribution >= 0.6 is 11.8 Å². The van der Waals surface area contributed by atoms with E-state index in [4.69, 9.17) is 4.42 Å². The Labute approximate surface area is 148 Å². The van der Waals surface area contributed by atoms with E-state index >= 15 is 0 Å². The van der Waals surface area contributed by atoms with Crippen LogP contribution in [-0.2, 0) is 0 Å². The van der Waals surface area contributed by atoms with E-state index in [1.807, 2.05) is 38.4 Å². The fraction of sp³-hybridized carbons (Fsp3) is 0.250. The lowest BCUT2D eigenvalue weighted by atomic mass is 10.3. The number of rotatable bonds is 7. The molecule has 0 atom stereocenters. The third-order valence-electron chi connectivity index (χ3n) is 3.41. The van der Waals surface area contributed by atoms with Crippen molar-refractivity contribution in [2.24, 2.45) is 0 Å². The minimum atomic E-state index is -0.442. The minimum absolute atomic E-state index is 0.0440. The largest absolute Gasteiger partial charge is 0.431 e. The molecule has 0 spiro atoms. The van der Waals surface area contributed by atoms with Gasteiger partial charge in [-0.1, -0.05) is 23.9 Å². The number of para-hydroxylation sites is 2. The maximum absolute atomic E-state index is 11.1. The van der Waals surface area contributed by atoms with Crippen LogP contribution < -0.4 is 10.2 Å². The third-order valence-corrected chi connectivity index (χ3v) is 4.24. The summed E-state index contributed by atoms with van der Waals surface area (Å²) in [6.07, 6.45) is 0. The molecule has 8 nitrogen and oxygen atoms in total. The summed E-state index contributed by atoms with van der Waals surface area (Å²) in [6, 6.07) is 10.6. The number of oxazole rings is 1. The molecule has 0 radical (unpaired) electrons. The highest BCUT2D eigenvalue weighted by atomic mass is 32.2. The number of nitrogens with one attached hydrogen (secondary N) is 1. The molecule has 0 saturated carbocycles. The first-order valence-electron chi connectivity index (χ1n) is 7.59. The summed E-state index contributed by atoms with van der Waals surface area (Å²) in [5.41, 5.74) is 1.51. The van der Waals surface area contributed by atoms with Crippen molar-refractivity contribution in [3.05, 3.63) is 46.5 Å². The molecule has 0 fully saturated rings. The molecule has 0 unspecified atom stereocenters. The van der Waals surface area contributed by atoms with Crippen molar-refractivity contribution < 1.29 is 9.34 Å². The van der Waals surface area contributed by atoms with Gasteiger partial charge in [0, 0.05) is 32.5 Å². The number of aromatic nitrogens is 2. The summed E-state index contributed by atoms with van der Waals surface area (Å²) >= 11 is 1.44. The zero-order chi connectivity index (χ0) is 17.8. The zero-order valence-corrected chi connectivity index (χ0v) is 14.6. The lowest BCUT2D eigenvalue weighted by Crippen LogP contribution is -2.14. The molecule has 130 valence electrons. The Morgan fingerprint density at radius 2 is 2.04 bits per heavy atom. The van der Waals surface area contributed by atoms with Gasteiger partial charge in [-0.2, -0.15) is 0 Å². The van der Waals surface area contributed by atoms with Crippen molar-refractivity contribution in [1.29, 1.82) is 0 Å². The van der Waals surface area contributed by atoms with E-state index in [0.717, 1.165) is 11.1 Å². The van der Waals surface area contributed by atoms with Crippen LogP contribution in [0.4, 0.5) is 17.3 Å². The highest BCUT2D eigenvalue weighted by Gasteiger charge is 2.16. The Kier molecular flexibility index (Phi) is 5.03. The van der Waals surface area contributed by atoms with Gasteiger partial charge in [0.1, 0.15) is 11.3 Å². The van der Waals surface area contributed by atoms with Crippen LogP contribution in [0.5, 0.6) is 0 Å². The predicted octanol–water partition coefficient (Wildman–Crippen LogP) is 3.40. The van der Waals surface area contributed by atoms with E-state index in [1.165, 1.54) is 17.8 Å². The first kappa shape index (κ1) is 17.0. The second kappa shape index (κ2) is 7.39. The Hall–Kier alpha value is -2.81. The van der Waals surface area contributed by atoms with E-state index in [2.05, 4.69) is 15.3 Å². The number of fused-ring (bicyclic) bond motifs is 1. The van der Waals surface area contributed by atoms with Crippen LogP contribution in [0.1, 0.15) is 0 Å². The molecule has 1 N–H and O–H groups in total. The molecule has 9 heteroatoms. The molecule has 0 saturated heterocycles. The number of benzene rings is 1. The monoisotopic (exact) mass is 359 g/mol. The van der Waals surface area contributed by atoms with Crippen LogP contribution in [-0.4, -0.2) is 41.3 Å². The van der Waals surface area contributed by atoms with Gasteiger partial charge >= 0.3 is 5.69 Å². The fourth-order valence-electron chi connectivity index (χ4n) is 2.19. The standard InChI is InChI=1S/C16H17N5O3S/c1-20(2)14-8-7-12(21(22)23)15(19-14)17-9-10-25-16-18-11-5-3-4-6-13(11)24-16/h3-8H,9-10H2,1-2H3,(H,17,19). The first-order chi connectivity index (χ1) is 12.0. The Bertz CT molecular complexity index is 863. The molecular formula is C16H17N5O3S. The topological polar surface area (TPSA) is 97.3 Å². The summed E-state index contributed by atoms with van der Waals surface area (Å²) in [4.78, 5) is 21.2. The summed E-state index contributed by atoms with van der Waals surface area (Å²) in [7, 11) is 3.67. The van der Waals surface area contributed by atoms with Gasteiger partial charge in [-0.3, -0.25) is 10.1 Å². The molecule has 25 heavy (non-hydrogen) atoms. The van der Waals surface area contributed by atoms with E-state index in [0.29, 0.717) is 23.3 Å². The second-order valence-corrected chi connectivity index (χ2v) is 6.46. The van der Waals surface area contributed by atoms with E-state index in [-0.39, 0.29) is 11.5 Å². The molecule has 0 bridgehead atoms. The van der Waals surface area contributed by atoms with Gasteiger partial charge in [-0.15, -0.1) is 0 Å². The van der Waals surface area contributed by atoms with Gasteiger partial charge in [0.2, 0.25) is 5.82 Å². The van der Waals surface area contributed by atoms with Gasteiger partial charge < -0.3 is 14.6 Å². The maximum Gasteiger partial charge on any atom is 0.311 e. The molecular weight excluding hydrogens is 342 g/mol. The molecule has 0 amide bonds.